The monoisotopic (exact) mass is 456 g/mol. The highest BCUT2D eigenvalue weighted by atomic mass is 32.2. The topological polar surface area (TPSA) is 40.6 Å². The highest BCUT2D eigenvalue weighted by Crippen LogP contribution is 2.41. The Morgan fingerprint density at radius 2 is 1.45 bits per heavy atom. The second-order valence-corrected chi connectivity index (χ2v) is 9.14. The van der Waals surface area contributed by atoms with Crippen LogP contribution in [0.5, 0.6) is 0 Å². The molecule has 33 heavy (non-hydrogen) atoms. The van der Waals surface area contributed by atoms with Gasteiger partial charge in [0.25, 0.3) is 11.8 Å². The summed E-state index contributed by atoms with van der Waals surface area (Å²) in [6.07, 6.45) is 0. The molecule has 2 amide bonds. The largest absolute Gasteiger partial charge is 0.372 e. The average molecular weight is 457 g/mol. The fourth-order valence-corrected chi connectivity index (χ4v) is 5.01. The second kappa shape index (κ2) is 9.67. The van der Waals surface area contributed by atoms with Crippen LogP contribution in [0.2, 0.25) is 0 Å². The fourth-order valence-electron chi connectivity index (χ4n) is 4.00. The SMILES string of the molecule is CCN(CC)c1ccc(N2C(=O)C(Sc3ccccc3)=C(c3ccc(C)c(C)c3)C2=O)cc1. The van der Waals surface area contributed by atoms with Crippen molar-refractivity contribution < 1.29 is 9.59 Å². The first-order valence-electron chi connectivity index (χ1n) is 11.2. The minimum absolute atomic E-state index is 0.280. The maximum atomic E-state index is 13.7. The molecule has 4 nitrogen and oxygen atoms in total. The van der Waals surface area contributed by atoms with E-state index in [4.69, 9.17) is 0 Å². The Morgan fingerprint density at radius 3 is 2.06 bits per heavy atom. The molecule has 0 radical (unpaired) electrons. The molecule has 0 saturated heterocycles. The van der Waals surface area contributed by atoms with Gasteiger partial charge in [-0.1, -0.05) is 48.2 Å². The highest BCUT2D eigenvalue weighted by Gasteiger charge is 2.40. The number of nitrogens with zero attached hydrogens (tertiary/aromatic N) is 2. The van der Waals surface area contributed by atoms with Gasteiger partial charge in [0.1, 0.15) is 0 Å². The molecular formula is C28H28N2O2S. The number of carbonyl (C=O) groups excluding carboxylic acids is 2. The zero-order chi connectivity index (χ0) is 23.5. The van der Waals surface area contributed by atoms with E-state index in [9.17, 15) is 9.59 Å². The quantitative estimate of drug-likeness (QED) is 0.395. The minimum Gasteiger partial charge on any atom is -0.372 e. The Morgan fingerprint density at radius 1 is 0.788 bits per heavy atom. The maximum Gasteiger partial charge on any atom is 0.272 e. The zero-order valence-corrected chi connectivity index (χ0v) is 20.3. The van der Waals surface area contributed by atoms with Crippen LogP contribution in [-0.2, 0) is 9.59 Å². The van der Waals surface area contributed by atoms with Gasteiger partial charge in [0.05, 0.1) is 16.2 Å². The van der Waals surface area contributed by atoms with Crippen molar-refractivity contribution in [2.75, 3.05) is 22.9 Å². The number of hydrogen-bond donors (Lipinski definition) is 0. The lowest BCUT2D eigenvalue weighted by Crippen LogP contribution is -2.31. The van der Waals surface area contributed by atoms with Crippen LogP contribution in [-0.4, -0.2) is 24.9 Å². The molecule has 4 rings (SSSR count). The van der Waals surface area contributed by atoms with Gasteiger partial charge in [-0.25, -0.2) is 4.90 Å². The third-order valence-electron chi connectivity index (χ3n) is 6.04. The van der Waals surface area contributed by atoms with E-state index in [-0.39, 0.29) is 11.8 Å². The van der Waals surface area contributed by atoms with Crippen molar-refractivity contribution in [3.05, 3.63) is 94.4 Å². The lowest BCUT2D eigenvalue weighted by Gasteiger charge is -2.22. The molecule has 5 heteroatoms. The Labute approximate surface area is 199 Å². The van der Waals surface area contributed by atoms with Crippen molar-refractivity contribution >= 4 is 40.5 Å². The fraction of sp³-hybridized carbons (Fsp3) is 0.214. The first kappa shape index (κ1) is 22.9. The summed E-state index contributed by atoms with van der Waals surface area (Å²) in [7, 11) is 0. The summed E-state index contributed by atoms with van der Waals surface area (Å²) in [5.74, 6) is -0.560. The predicted octanol–water partition coefficient (Wildman–Crippen LogP) is 6.23. The van der Waals surface area contributed by atoms with Crippen molar-refractivity contribution in [3.8, 4) is 0 Å². The van der Waals surface area contributed by atoms with E-state index in [1.165, 1.54) is 16.7 Å². The summed E-state index contributed by atoms with van der Waals surface area (Å²) in [4.78, 5) is 32.2. The molecule has 0 unspecified atom stereocenters. The molecule has 0 fully saturated rings. The number of hydrogen-bond acceptors (Lipinski definition) is 4. The summed E-state index contributed by atoms with van der Waals surface area (Å²) < 4.78 is 0. The standard InChI is InChI=1S/C28H28N2O2S/c1-5-29(6-2)22-14-16-23(17-15-22)30-27(31)25(21-13-12-19(3)20(4)18-21)26(28(30)32)33-24-10-8-7-9-11-24/h7-18H,5-6H2,1-4H3. The van der Waals surface area contributed by atoms with Gasteiger partial charge in [0.2, 0.25) is 0 Å². The third kappa shape index (κ3) is 4.46. The van der Waals surface area contributed by atoms with Crippen LogP contribution in [0.4, 0.5) is 11.4 Å². The van der Waals surface area contributed by atoms with Crippen LogP contribution in [0.3, 0.4) is 0 Å². The van der Waals surface area contributed by atoms with Crippen molar-refractivity contribution in [1.82, 2.24) is 0 Å². The van der Waals surface area contributed by atoms with Crippen molar-refractivity contribution in [2.24, 2.45) is 0 Å². The van der Waals surface area contributed by atoms with Gasteiger partial charge in [0.15, 0.2) is 0 Å². The first-order chi connectivity index (χ1) is 15.9. The number of rotatable bonds is 7. The molecule has 3 aromatic rings. The molecule has 3 aromatic carbocycles. The summed E-state index contributed by atoms with van der Waals surface area (Å²) in [5.41, 5.74) is 5.14. The summed E-state index contributed by atoms with van der Waals surface area (Å²) in [5, 5.41) is 0. The Balaban J connectivity index is 1.76. The number of thioether (sulfide) groups is 1. The molecule has 0 N–H and O–H groups in total. The van der Waals surface area contributed by atoms with Gasteiger partial charge in [0, 0.05) is 23.7 Å². The van der Waals surface area contributed by atoms with Crippen LogP contribution in [0.1, 0.15) is 30.5 Å². The van der Waals surface area contributed by atoms with E-state index in [0.29, 0.717) is 16.2 Å². The van der Waals surface area contributed by atoms with E-state index < -0.39 is 0 Å². The maximum absolute atomic E-state index is 13.7. The lowest BCUT2D eigenvalue weighted by atomic mass is 10.0. The number of anilines is 2. The highest BCUT2D eigenvalue weighted by molar-refractivity contribution is 8.04. The van der Waals surface area contributed by atoms with Crippen LogP contribution in [0.25, 0.3) is 5.57 Å². The molecule has 1 heterocycles. The van der Waals surface area contributed by atoms with Gasteiger partial charge < -0.3 is 4.90 Å². The number of carbonyl (C=O) groups is 2. The molecule has 0 bridgehead atoms. The summed E-state index contributed by atoms with van der Waals surface area (Å²) in [6.45, 7) is 10.1. The van der Waals surface area contributed by atoms with E-state index in [2.05, 4.69) is 18.7 Å². The van der Waals surface area contributed by atoms with Crippen molar-refractivity contribution in [3.63, 3.8) is 0 Å². The molecule has 168 valence electrons. The number of aryl methyl sites for hydroxylation is 2. The Bertz CT molecular complexity index is 1210. The predicted molar refractivity (Wildman–Crippen MR) is 138 cm³/mol. The Hall–Kier alpha value is -3.31. The molecule has 1 aliphatic heterocycles. The number of amides is 2. The van der Waals surface area contributed by atoms with Gasteiger partial charge in [-0.3, -0.25) is 9.59 Å². The second-order valence-electron chi connectivity index (χ2n) is 8.05. The minimum atomic E-state index is -0.280. The van der Waals surface area contributed by atoms with Gasteiger partial charge >= 0.3 is 0 Å². The molecule has 0 spiro atoms. The molecule has 0 aromatic heterocycles. The van der Waals surface area contributed by atoms with Gasteiger partial charge in [-0.05, 0) is 80.8 Å². The Kier molecular flexibility index (Phi) is 6.70. The van der Waals surface area contributed by atoms with Crippen molar-refractivity contribution in [2.45, 2.75) is 32.6 Å². The smallest absolute Gasteiger partial charge is 0.272 e. The van der Waals surface area contributed by atoms with Gasteiger partial charge in [-0.2, -0.15) is 0 Å². The molecule has 0 atom stereocenters. The average Bonchev–Trinajstić information content (AvgIpc) is 3.07. The van der Waals surface area contributed by atoms with Crippen molar-refractivity contribution in [1.29, 1.82) is 0 Å². The summed E-state index contributed by atoms with van der Waals surface area (Å²) in [6, 6.07) is 23.3. The van der Waals surface area contributed by atoms with E-state index in [1.54, 1.807) is 0 Å². The van der Waals surface area contributed by atoms with Gasteiger partial charge in [-0.15, -0.1) is 0 Å². The zero-order valence-electron chi connectivity index (χ0n) is 19.5. The van der Waals surface area contributed by atoms with Crippen LogP contribution < -0.4 is 9.80 Å². The van der Waals surface area contributed by atoms with Crippen LogP contribution >= 0.6 is 11.8 Å². The molecule has 1 aliphatic rings. The first-order valence-corrected chi connectivity index (χ1v) is 12.0. The molecule has 0 saturated carbocycles. The van der Waals surface area contributed by atoms with E-state index in [0.717, 1.165) is 40.4 Å². The molecular weight excluding hydrogens is 428 g/mol. The number of benzene rings is 3. The molecule has 0 aliphatic carbocycles. The van der Waals surface area contributed by atoms with Crippen LogP contribution in [0, 0.1) is 13.8 Å². The lowest BCUT2D eigenvalue weighted by molar-refractivity contribution is -0.119. The van der Waals surface area contributed by atoms with E-state index >= 15 is 0 Å². The third-order valence-corrected chi connectivity index (χ3v) is 7.13. The number of imide groups is 1. The summed E-state index contributed by atoms with van der Waals surface area (Å²) >= 11 is 1.35. The van der Waals surface area contributed by atoms with Crippen LogP contribution in [0.15, 0.2) is 82.6 Å². The van der Waals surface area contributed by atoms with E-state index in [1.807, 2.05) is 86.6 Å². The normalized spacial score (nSPS) is 13.8.